The summed E-state index contributed by atoms with van der Waals surface area (Å²) in [5, 5.41) is 0. The van der Waals surface area contributed by atoms with Crippen molar-refractivity contribution in [3.63, 3.8) is 0 Å². The van der Waals surface area contributed by atoms with Crippen LogP contribution in [0.4, 0.5) is 0 Å². The van der Waals surface area contributed by atoms with Crippen molar-refractivity contribution in [2.75, 3.05) is 13.3 Å². The second-order valence-corrected chi connectivity index (χ2v) is 3.19. The summed E-state index contributed by atoms with van der Waals surface area (Å²) in [6.07, 6.45) is 0.886. The molecule has 2 rings (SSSR count). The maximum Gasteiger partial charge on any atom is 0.231 e. The molecule has 3 heteroatoms. The molecule has 0 amide bonds. The number of benzene rings is 1. The summed E-state index contributed by atoms with van der Waals surface area (Å²) < 4.78 is 10.6. The molecule has 1 heterocycles. The van der Waals surface area contributed by atoms with Gasteiger partial charge in [0.2, 0.25) is 6.79 Å². The Labute approximate surface area is 77.5 Å². The van der Waals surface area contributed by atoms with Gasteiger partial charge < -0.3 is 15.2 Å². The van der Waals surface area contributed by atoms with Crippen LogP contribution in [0, 0.1) is 6.92 Å². The Hall–Kier alpha value is -1.22. The van der Waals surface area contributed by atoms with Gasteiger partial charge in [-0.15, -0.1) is 0 Å². The molecule has 1 aromatic carbocycles. The molecular weight excluding hydrogens is 166 g/mol. The van der Waals surface area contributed by atoms with Crippen molar-refractivity contribution >= 4 is 0 Å². The number of hydrogen-bond acceptors (Lipinski definition) is 3. The first-order valence-electron chi connectivity index (χ1n) is 4.40. The SMILES string of the molecule is Cc1cc(CCN)cc2c1OCO2. The number of hydrogen-bond donors (Lipinski definition) is 1. The first-order chi connectivity index (χ1) is 6.31. The van der Waals surface area contributed by atoms with Gasteiger partial charge in [-0.05, 0) is 37.1 Å². The molecule has 1 aliphatic rings. The Morgan fingerprint density at radius 3 is 3.00 bits per heavy atom. The van der Waals surface area contributed by atoms with E-state index in [4.69, 9.17) is 15.2 Å². The molecule has 13 heavy (non-hydrogen) atoms. The predicted molar refractivity (Wildman–Crippen MR) is 50.1 cm³/mol. The predicted octanol–water partition coefficient (Wildman–Crippen LogP) is 1.22. The first-order valence-corrected chi connectivity index (χ1v) is 4.40. The van der Waals surface area contributed by atoms with Gasteiger partial charge in [0.05, 0.1) is 0 Å². The Kier molecular flexibility index (Phi) is 2.10. The molecule has 1 aliphatic heterocycles. The molecule has 3 nitrogen and oxygen atoms in total. The zero-order valence-corrected chi connectivity index (χ0v) is 7.67. The van der Waals surface area contributed by atoms with Gasteiger partial charge in [-0.2, -0.15) is 0 Å². The average molecular weight is 179 g/mol. The van der Waals surface area contributed by atoms with Gasteiger partial charge >= 0.3 is 0 Å². The van der Waals surface area contributed by atoms with Crippen molar-refractivity contribution in [3.8, 4) is 11.5 Å². The van der Waals surface area contributed by atoms with E-state index in [0.29, 0.717) is 13.3 Å². The Balaban J connectivity index is 2.37. The van der Waals surface area contributed by atoms with Crippen LogP contribution in [-0.4, -0.2) is 13.3 Å². The van der Waals surface area contributed by atoms with Gasteiger partial charge in [0.25, 0.3) is 0 Å². The molecule has 0 saturated carbocycles. The van der Waals surface area contributed by atoms with Crippen LogP contribution in [0.1, 0.15) is 11.1 Å². The van der Waals surface area contributed by atoms with E-state index >= 15 is 0 Å². The van der Waals surface area contributed by atoms with Gasteiger partial charge in [0, 0.05) is 0 Å². The summed E-state index contributed by atoms with van der Waals surface area (Å²) >= 11 is 0. The fourth-order valence-electron chi connectivity index (χ4n) is 1.57. The van der Waals surface area contributed by atoms with E-state index in [9.17, 15) is 0 Å². The molecule has 0 spiro atoms. The molecule has 0 radical (unpaired) electrons. The van der Waals surface area contributed by atoms with E-state index < -0.39 is 0 Å². The first kappa shape index (κ1) is 8.38. The van der Waals surface area contributed by atoms with Crippen LogP contribution < -0.4 is 15.2 Å². The van der Waals surface area contributed by atoms with Crippen molar-refractivity contribution in [2.24, 2.45) is 5.73 Å². The summed E-state index contributed by atoms with van der Waals surface area (Å²) in [7, 11) is 0. The second kappa shape index (κ2) is 3.26. The van der Waals surface area contributed by atoms with Gasteiger partial charge in [0.15, 0.2) is 11.5 Å². The smallest absolute Gasteiger partial charge is 0.231 e. The van der Waals surface area contributed by atoms with Crippen LogP contribution in [-0.2, 0) is 6.42 Å². The summed E-state index contributed by atoms with van der Waals surface area (Å²) in [5.74, 6) is 1.73. The number of rotatable bonds is 2. The largest absolute Gasteiger partial charge is 0.454 e. The Bertz CT molecular complexity index is 323. The molecule has 2 N–H and O–H groups in total. The fourth-order valence-corrected chi connectivity index (χ4v) is 1.57. The second-order valence-electron chi connectivity index (χ2n) is 3.19. The van der Waals surface area contributed by atoms with Crippen molar-refractivity contribution < 1.29 is 9.47 Å². The van der Waals surface area contributed by atoms with Crippen molar-refractivity contribution in [3.05, 3.63) is 23.3 Å². The van der Waals surface area contributed by atoms with E-state index in [1.165, 1.54) is 5.56 Å². The summed E-state index contributed by atoms with van der Waals surface area (Å²) in [4.78, 5) is 0. The Morgan fingerprint density at radius 2 is 2.23 bits per heavy atom. The molecule has 0 atom stereocenters. The average Bonchev–Trinajstić information content (AvgIpc) is 2.53. The minimum atomic E-state index is 0.336. The molecule has 0 saturated heterocycles. The zero-order chi connectivity index (χ0) is 9.26. The van der Waals surface area contributed by atoms with E-state index in [-0.39, 0.29) is 0 Å². The molecule has 0 aromatic heterocycles. The molecular formula is C10H13NO2. The lowest BCUT2D eigenvalue weighted by atomic mass is 10.1. The highest BCUT2D eigenvalue weighted by atomic mass is 16.7. The molecule has 0 bridgehead atoms. The summed E-state index contributed by atoms with van der Waals surface area (Å²) in [6, 6.07) is 4.10. The van der Waals surface area contributed by atoms with Crippen molar-refractivity contribution in [2.45, 2.75) is 13.3 Å². The summed E-state index contributed by atoms with van der Waals surface area (Å²) in [5.41, 5.74) is 7.82. The van der Waals surface area contributed by atoms with E-state index in [1.54, 1.807) is 0 Å². The highest BCUT2D eigenvalue weighted by Gasteiger charge is 2.16. The standard InChI is InChI=1S/C10H13NO2/c1-7-4-8(2-3-11)5-9-10(7)13-6-12-9/h4-5H,2-3,6,11H2,1H3. The van der Waals surface area contributed by atoms with Crippen LogP contribution in [0.5, 0.6) is 11.5 Å². The third-order valence-corrected chi connectivity index (χ3v) is 2.15. The third kappa shape index (κ3) is 1.47. The third-order valence-electron chi connectivity index (χ3n) is 2.15. The monoisotopic (exact) mass is 179 g/mol. The van der Waals surface area contributed by atoms with Crippen LogP contribution in [0.2, 0.25) is 0 Å². The van der Waals surface area contributed by atoms with E-state index in [2.05, 4.69) is 6.07 Å². The highest BCUT2D eigenvalue weighted by Crippen LogP contribution is 2.36. The zero-order valence-electron chi connectivity index (χ0n) is 7.67. The van der Waals surface area contributed by atoms with Crippen LogP contribution in [0.15, 0.2) is 12.1 Å². The van der Waals surface area contributed by atoms with Crippen molar-refractivity contribution in [1.29, 1.82) is 0 Å². The highest BCUT2D eigenvalue weighted by molar-refractivity contribution is 5.50. The molecule has 0 aliphatic carbocycles. The van der Waals surface area contributed by atoms with Gasteiger partial charge in [-0.25, -0.2) is 0 Å². The number of fused-ring (bicyclic) bond motifs is 1. The lowest BCUT2D eigenvalue weighted by Crippen LogP contribution is -2.02. The molecule has 70 valence electrons. The van der Waals surface area contributed by atoms with E-state index in [1.807, 2.05) is 13.0 Å². The quantitative estimate of drug-likeness (QED) is 0.742. The van der Waals surface area contributed by atoms with Crippen LogP contribution >= 0.6 is 0 Å². The number of aryl methyl sites for hydroxylation is 1. The van der Waals surface area contributed by atoms with Gasteiger partial charge in [-0.1, -0.05) is 6.07 Å². The molecule has 0 fully saturated rings. The van der Waals surface area contributed by atoms with Gasteiger partial charge in [-0.3, -0.25) is 0 Å². The minimum Gasteiger partial charge on any atom is -0.454 e. The lowest BCUT2D eigenvalue weighted by molar-refractivity contribution is 0.173. The van der Waals surface area contributed by atoms with Gasteiger partial charge in [0.1, 0.15) is 0 Å². The molecule has 0 unspecified atom stereocenters. The molecule has 1 aromatic rings. The summed E-state index contributed by atoms with van der Waals surface area (Å²) in [6.45, 7) is 3.02. The maximum atomic E-state index is 5.48. The van der Waals surface area contributed by atoms with E-state index in [0.717, 1.165) is 23.5 Å². The number of nitrogens with two attached hydrogens (primary N) is 1. The fraction of sp³-hybridized carbons (Fsp3) is 0.400. The maximum absolute atomic E-state index is 5.48. The van der Waals surface area contributed by atoms with Crippen LogP contribution in [0.25, 0.3) is 0 Å². The van der Waals surface area contributed by atoms with Crippen LogP contribution in [0.3, 0.4) is 0 Å². The lowest BCUT2D eigenvalue weighted by Gasteiger charge is -2.04. The Morgan fingerprint density at radius 1 is 1.38 bits per heavy atom. The normalized spacial score (nSPS) is 13.4. The van der Waals surface area contributed by atoms with Crippen molar-refractivity contribution in [1.82, 2.24) is 0 Å². The number of ether oxygens (including phenoxy) is 2. The topological polar surface area (TPSA) is 44.5 Å². The minimum absolute atomic E-state index is 0.336.